The van der Waals surface area contributed by atoms with Crippen LogP contribution in [0.25, 0.3) is 0 Å². The Morgan fingerprint density at radius 1 is 0.458 bits per heavy atom. The van der Waals surface area contributed by atoms with Gasteiger partial charge < -0.3 is 18.9 Å². The maximum atomic E-state index is 12.7. The number of hydrogen-bond acceptors (Lipinski definition) is 6. The molecule has 0 heterocycles. The van der Waals surface area contributed by atoms with Crippen molar-refractivity contribution in [3.05, 3.63) is 0 Å². The van der Waals surface area contributed by atoms with E-state index in [4.69, 9.17) is 18.5 Å². The highest BCUT2D eigenvalue weighted by atomic mass is 31.2. The number of unbranched alkanes of at least 4 members (excludes halogenated alkanes) is 35. The monoisotopic (exact) mass is 861 g/mol. The first-order valence-corrected chi connectivity index (χ1v) is 27.3. The largest absolute Gasteiger partial charge is 0.472 e. The first-order chi connectivity index (χ1) is 28.6. The van der Waals surface area contributed by atoms with Crippen LogP contribution >= 0.6 is 7.82 Å². The maximum absolute atomic E-state index is 12.7. The molecule has 8 nitrogen and oxygen atoms in total. The van der Waals surface area contributed by atoms with Crippen molar-refractivity contribution >= 4 is 13.8 Å². The summed E-state index contributed by atoms with van der Waals surface area (Å²) in [5.41, 5.74) is 0. The van der Waals surface area contributed by atoms with Gasteiger partial charge in [0, 0.05) is 13.0 Å². The molecule has 0 amide bonds. The van der Waals surface area contributed by atoms with Gasteiger partial charge in [-0.2, -0.15) is 0 Å². The summed E-state index contributed by atoms with van der Waals surface area (Å²) < 4.78 is 35.1. The Hall–Kier alpha value is -0.500. The summed E-state index contributed by atoms with van der Waals surface area (Å²) in [6.45, 7) is 5.69. The van der Waals surface area contributed by atoms with E-state index in [1.54, 1.807) is 0 Å². The van der Waals surface area contributed by atoms with Crippen LogP contribution in [-0.4, -0.2) is 75.6 Å². The van der Waals surface area contributed by atoms with Gasteiger partial charge in [0.25, 0.3) is 0 Å². The zero-order valence-corrected chi connectivity index (χ0v) is 41.2. The van der Waals surface area contributed by atoms with Crippen LogP contribution in [0.1, 0.15) is 258 Å². The summed E-state index contributed by atoms with van der Waals surface area (Å²) >= 11 is 0. The summed E-state index contributed by atoms with van der Waals surface area (Å²) in [4.78, 5) is 23.0. The van der Waals surface area contributed by atoms with Crippen molar-refractivity contribution in [2.45, 2.75) is 264 Å². The highest BCUT2D eigenvalue weighted by Crippen LogP contribution is 2.43. The van der Waals surface area contributed by atoms with E-state index in [9.17, 15) is 14.3 Å². The van der Waals surface area contributed by atoms with Crippen LogP contribution in [0.3, 0.4) is 0 Å². The molecule has 0 aromatic heterocycles. The average Bonchev–Trinajstić information content (AvgIpc) is 3.19. The highest BCUT2D eigenvalue weighted by Gasteiger charge is 2.26. The third-order valence-electron chi connectivity index (χ3n) is 11.7. The van der Waals surface area contributed by atoms with E-state index >= 15 is 0 Å². The van der Waals surface area contributed by atoms with Crippen LogP contribution in [0, 0.1) is 0 Å². The van der Waals surface area contributed by atoms with E-state index in [1.165, 1.54) is 205 Å². The fourth-order valence-corrected chi connectivity index (χ4v) is 8.42. The summed E-state index contributed by atoms with van der Waals surface area (Å²) in [7, 11) is 1.69. The predicted molar refractivity (Wildman–Crippen MR) is 252 cm³/mol. The summed E-state index contributed by atoms with van der Waals surface area (Å²) in [5, 5.41) is 0. The van der Waals surface area contributed by atoms with Gasteiger partial charge in [-0.3, -0.25) is 13.8 Å². The number of phosphoric acid groups is 1. The molecular formula is C50H103NO7P+. The number of nitrogens with zero attached hydrogens (tertiary/aromatic N) is 1. The van der Waals surface area contributed by atoms with Crippen molar-refractivity contribution in [2.75, 3.05) is 54.1 Å². The topological polar surface area (TPSA) is 91.3 Å². The minimum Gasteiger partial charge on any atom is -0.457 e. The van der Waals surface area contributed by atoms with Gasteiger partial charge in [0.15, 0.2) is 0 Å². The standard InChI is InChI=1S/C50H102NO7P/c1-6-8-10-12-14-16-18-20-21-22-23-24-25-26-27-28-29-30-31-32-33-35-37-39-41-43-50(52)58-49(48-57-59(53,54)56-46-44-51(3,4)5)47-55-45-42-40-38-36-34-19-17-15-13-11-9-7-2/h49H,6-48H2,1-5H3/p+1/t49-/m1/s1. The molecule has 354 valence electrons. The Balaban J connectivity index is 3.98. The van der Waals surface area contributed by atoms with Crippen molar-refractivity contribution in [3.63, 3.8) is 0 Å². The van der Waals surface area contributed by atoms with E-state index < -0.39 is 13.9 Å². The van der Waals surface area contributed by atoms with Gasteiger partial charge in [0.05, 0.1) is 34.4 Å². The van der Waals surface area contributed by atoms with Gasteiger partial charge in [-0.05, 0) is 12.8 Å². The molecule has 0 fully saturated rings. The molecule has 0 aliphatic heterocycles. The van der Waals surface area contributed by atoms with Crippen LogP contribution in [0.4, 0.5) is 0 Å². The van der Waals surface area contributed by atoms with E-state index in [1.807, 2.05) is 21.1 Å². The molecule has 0 aliphatic carbocycles. The Kier molecular flexibility index (Phi) is 43.7. The lowest BCUT2D eigenvalue weighted by Crippen LogP contribution is -2.37. The highest BCUT2D eigenvalue weighted by molar-refractivity contribution is 7.47. The molecule has 1 unspecified atom stereocenters. The maximum Gasteiger partial charge on any atom is 0.472 e. The second-order valence-electron chi connectivity index (χ2n) is 18.9. The lowest BCUT2D eigenvalue weighted by molar-refractivity contribution is -0.870. The lowest BCUT2D eigenvalue weighted by Gasteiger charge is -2.24. The van der Waals surface area contributed by atoms with Crippen LogP contribution in [0.2, 0.25) is 0 Å². The third kappa shape index (κ3) is 48.4. The molecule has 0 radical (unpaired) electrons. The fourth-order valence-electron chi connectivity index (χ4n) is 7.67. The van der Waals surface area contributed by atoms with Gasteiger partial charge in [-0.15, -0.1) is 0 Å². The number of quaternary nitrogens is 1. The molecule has 59 heavy (non-hydrogen) atoms. The normalized spacial score (nSPS) is 13.5. The smallest absolute Gasteiger partial charge is 0.457 e. The van der Waals surface area contributed by atoms with Gasteiger partial charge in [0.2, 0.25) is 0 Å². The molecular weight excluding hydrogens is 758 g/mol. The Morgan fingerprint density at radius 2 is 0.780 bits per heavy atom. The summed E-state index contributed by atoms with van der Waals surface area (Å²) in [6.07, 6.45) is 48.7. The molecule has 0 aromatic rings. The quantitative estimate of drug-likeness (QED) is 0.0282. The van der Waals surface area contributed by atoms with E-state index in [2.05, 4.69) is 13.8 Å². The van der Waals surface area contributed by atoms with Gasteiger partial charge >= 0.3 is 13.8 Å². The van der Waals surface area contributed by atoms with Crippen molar-refractivity contribution < 1.29 is 37.3 Å². The number of ether oxygens (including phenoxy) is 2. The van der Waals surface area contributed by atoms with Crippen molar-refractivity contribution in [2.24, 2.45) is 0 Å². The zero-order chi connectivity index (χ0) is 43.4. The van der Waals surface area contributed by atoms with Crippen LogP contribution in [0.15, 0.2) is 0 Å². The minimum absolute atomic E-state index is 0.0940. The van der Waals surface area contributed by atoms with E-state index in [0.29, 0.717) is 24.1 Å². The third-order valence-corrected chi connectivity index (χ3v) is 12.7. The van der Waals surface area contributed by atoms with Gasteiger partial charge in [0.1, 0.15) is 19.3 Å². The zero-order valence-electron chi connectivity index (χ0n) is 40.3. The molecule has 0 bridgehead atoms. The van der Waals surface area contributed by atoms with Crippen molar-refractivity contribution in [1.82, 2.24) is 0 Å². The van der Waals surface area contributed by atoms with Gasteiger partial charge in [-0.1, -0.05) is 239 Å². The molecule has 0 spiro atoms. The number of hydrogen-bond donors (Lipinski definition) is 1. The molecule has 0 saturated heterocycles. The molecule has 2 atom stereocenters. The van der Waals surface area contributed by atoms with Crippen LogP contribution < -0.4 is 0 Å². The molecule has 9 heteroatoms. The molecule has 0 saturated carbocycles. The van der Waals surface area contributed by atoms with Crippen LogP contribution in [-0.2, 0) is 27.9 Å². The van der Waals surface area contributed by atoms with Gasteiger partial charge in [-0.25, -0.2) is 4.57 Å². The van der Waals surface area contributed by atoms with E-state index in [-0.39, 0.29) is 25.8 Å². The molecule has 0 rings (SSSR count). The number of phosphoric ester groups is 1. The molecule has 1 N–H and O–H groups in total. The predicted octanol–water partition coefficient (Wildman–Crippen LogP) is 15.6. The van der Waals surface area contributed by atoms with Crippen molar-refractivity contribution in [3.8, 4) is 0 Å². The van der Waals surface area contributed by atoms with Crippen LogP contribution in [0.5, 0.6) is 0 Å². The number of likely N-dealkylation sites (N-methyl/N-ethyl adjacent to an activating group) is 1. The molecule has 0 aliphatic rings. The summed E-state index contributed by atoms with van der Waals surface area (Å²) in [6, 6.07) is 0. The van der Waals surface area contributed by atoms with E-state index in [0.717, 1.165) is 32.1 Å². The fraction of sp³-hybridized carbons (Fsp3) is 0.980. The number of carbonyl (C=O) groups is 1. The lowest BCUT2D eigenvalue weighted by atomic mass is 10.0. The first kappa shape index (κ1) is 58.5. The Morgan fingerprint density at radius 3 is 1.12 bits per heavy atom. The van der Waals surface area contributed by atoms with Crippen molar-refractivity contribution in [1.29, 1.82) is 0 Å². The molecule has 0 aromatic carbocycles. The Bertz CT molecular complexity index is 914. The SMILES string of the molecule is CCCCCCCCCCCCCCCCCCCCCCCCCCCC(=O)O[C@H](COCCCCCCCCCCCCCC)COP(=O)(O)OCC[N+](C)(C)C. The second-order valence-corrected chi connectivity index (χ2v) is 20.4. The first-order valence-electron chi connectivity index (χ1n) is 25.8. The summed E-state index contributed by atoms with van der Waals surface area (Å²) in [5.74, 6) is -0.305. The number of esters is 1. The number of rotatable bonds is 49. The average molecular weight is 861 g/mol. The second kappa shape index (κ2) is 44.1. The minimum atomic E-state index is -4.27. The Labute approximate surface area is 368 Å². The number of carbonyl (C=O) groups excluding carboxylic acids is 1.